The van der Waals surface area contributed by atoms with Gasteiger partial charge in [-0.05, 0) is 53.7 Å². The Bertz CT molecular complexity index is 1420. The van der Waals surface area contributed by atoms with Crippen molar-refractivity contribution < 1.29 is 0 Å². The summed E-state index contributed by atoms with van der Waals surface area (Å²) < 4.78 is 4.21. The number of hydrogen-bond donors (Lipinski definition) is 0. The Balaban J connectivity index is 1.50. The third-order valence-corrected chi connectivity index (χ3v) is 7.23. The van der Waals surface area contributed by atoms with Gasteiger partial charge in [0.05, 0.1) is 15.1 Å². The van der Waals surface area contributed by atoms with Crippen molar-refractivity contribution in [3.05, 3.63) is 100 Å². The molecule has 2 heterocycles. The number of benzene rings is 3. The van der Waals surface area contributed by atoms with Gasteiger partial charge in [-0.15, -0.1) is 11.3 Å². The highest BCUT2D eigenvalue weighted by Crippen LogP contribution is 2.35. The van der Waals surface area contributed by atoms with Crippen LogP contribution in [-0.2, 0) is 6.54 Å². The first kappa shape index (κ1) is 19.9. The van der Waals surface area contributed by atoms with Gasteiger partial charge in [0.25, 0.3) is 0 Å². The van der Waals surface area contributed by atoms with Crippen LogP contribution in [0.5, 0.6) is 0 Å². The van der Waals surface area contributed by atoms with Crippen molar-refractivity contribution in [1.29, 1.82) is 5.26 Å². The lowest BCUT2D eigenvalue weighted by atomic mass is 10.1. The first-order valence-electron chi connectivity index (χ1n) is 9.67. The van der Waals surface area contributed by atoms with E-state index in [1.807, 2.05) is 60.7 Å². The fourth-order valence-corrected chi connectivity index (χ4v) is 5.61. The molecule has 0 saturated carbocycles. The molecule has 0 fully saturated rings. The molecule has 0 aliphatic heterocycles. The van der Waals surface area contributed by atoms with Crippen LogP contribution >= 0.6 is 34.7 Å². The Morgan fingerprint density at radius 1 is 1.06 bits per heavy atom. The topological polar surface area (TPSA) is 41.6 Å². The van der Waals surface area contributed by atoms with Gasteiger partial charge in [-0.2, -0.15) is 5.26 Å². The van der Waals surface area contributed by atoms with E-state index in [2.05, 4.69) is 40.0 Å². The van der Waals surface area contributed by atoms with Gasteiger partial charge in [-0.25, -0.2) is 4.98 Å². The first-order chi connectivity index (χ1) is 15.2. The molecule has 0 N–H and O–H groups in total. The summed E-state index contributed by atoms with van der Waals surface area (Å²) in [4.78, 5) is 5.27. The minimum atomic E-state index is 0.619. The van der Waals surface area contributed by atoms with E-state index in [9.17, 15) is 5.26 Å². The molecule has 2 aromatic heterocycles. The fourth-order valence-electron chi connectivity index (χ4n) is 3.52. The number of hydrogen-bond acceptors (Lipinski definition) is 4. The van der Waals surface area contributed by atoms with Crippen molar-refractivity contribution in [2.75, 3.05) is 0 Å². The highest BCUT2D eigenvalue weighted by atomic mass is 35.5. The standard InChI is InChI=1S/C25H16ClN3S2/c26-19-11-9-17(10-12-19)15-29-16-18(21-5-1-3-7-23(21)29)13-20(14-27)30-25-28-22-6-2-4-8-24(22)31-25/h1-13,16H,15H2/b20-13+. The zero-order valence-electron chi connectivity index (χ0n) is 16.3. The minimum absolute atomic E-state index is 0.619. The van der Waals surface area contributed by atoms with Crippen LogP contribution < -0.4 is 0 Å². The van der Waals surface area contributed by atoms with Crippen LogP contribution in [0.1, 0.15) is 11.1 Å². The lowest BCUT2D eigenvalue weighted by Crippen LogP contribution is -1.97. The molecule has 5 rings (SSSR count). The molecule has 0 saturated heterocycles. The molecule has 3 nitrogen and oxygen atoms in total. The number of rotatable bonds is 5. The second kappa shape index (κ2) is 8.60. The molecule has 0 aliphatic carbocycles. The Morgan fingerprint density at radius 2 is 1.84 bits per heavy atom. The number of aromatic nitrogens is 2. The largest absolute Gasteiger partial charge is 0.342 e. The summed E-state index contributed by atoms with van der Waals surface area (Å²) in [5, 5.41) is 11.6. The van der Waals surface area contributed by atoms with E-state index >= 15 is 0 Å². The van der Waals surface area contributed by atoms with Gasteiger partial charge in [0.15, 0.2) is 4.34 Å². The predicted molar refractivity (Wildman–Crippen MR) is 132 cm³/mol. The molecule has 0 amide bonds. The molecule has 5 aromatic rings. The second-order valence-electron chi connectivity index (χ2n) is 7.03. The summed E-state index contributed by atoms with van der Waals surface area (Å²) in [6, 6.07) is 26.5. The van der Waals surface area contributed by atoms with Crippen LogP contribution in [0.4, 0.5) is 0 Å². The van der Waals surface area contributed by atoms with E-state index in [-0.39, 0.29) is 0 Å². The molecule has 6 heteroatoms. The van der Waals surface area contributed by atoms with Crippen molar-refractivity contribution >= 4 is 61.9 Å². The lowest BCUT2D eigenvalue weighted by molar-refractivity contribution is 0.836. The number of nitriles is 1. The van der Waals surface area contributed by atoms with Gasteiger partial charge < -0.3 is 4.57 Å². The summed E-state index contributed by atoms with van der Waals surface area (Å²) in [7, 11) is 0. The van der Waals surface area contributed by atoms with E-state index < -0.39 is 0 Å². The van der Waals surface area contributed by atoms with E-state index in [1.54, 1.807) is 11.3 Å². The Labute approximate surface area is 193 Å². The average Bonchev–Trinajstić information content (AvgIpc) is 3.36. The van der Waals surface area contributed by atoms with Crippen molar-refractivity contribution in [3.63, 3.8) is 0 Å². The van der Waals surface area contributed by atoms with Crippen LogP contribution in [0.2, 0.25) is 5.02 Å². The third-order valence-electron chi connectivity index (χ3n) is 4.95. The normalized spacial score (nSPS) is 11.8. The molecule has 0 radical (unpaired) electrons. The molecule has 0 atom stereocenters. The average molecular weight is 458 g/mol. The number of halogens is 1. The van der Waals surface area contributed by atoms with Gasteiger partial charge in [-0.3, -0.25) is 0 Å². The zero-order valence-corrected chi connectivity index (χ0v) is 18.7. The maximum atomic E-state index is 9.78. The number of fused-ring (bicyclic) bond motifs is 2. The highest BCUT2D eigenvalue weighted by molar-refractivity contribution is 8.05. The maximum Gasteiger partial charge on any atom is 0.156 e. The van der Waals surface area contributed by atoms with Crippen LogP contribution in [0.15, 0.2) is 88.2 Å². The smallest absolute Gasteiger partial charge is 0.156 e. The zero-order chi connectivity index (χ0) is 21.2. The van der Waals surface area contributed by atoms with Gasteiger partial charge >= 0.3 is 0 Å². The first-order valence-corrected chi connectivity index (χ1v) is 11.7. The van der Waals surface area contributed by atoms with Crippen LogP contribution in [-0.4, -0.2) is 9.55 Å². The molecule has 31 heavy (non-hydrogen) atoms. The van der Waals surface area contributed by atoms with E-state index in [0.29, 0.717) is 4.91 Å². The predicted octanol–water partition coefficient (Wildman–Crippen LogP) is 7.61. The van der Waals surface area contributed by atoms with Crippen molar-refractivity contribution in [2.24, 2.45) is 0 Å². The number of thioether (sulfide) groups is 1. The summed E-state index contributed by atoms with van der Waals surface area (Å²) >= 11 is 9.05. The number of para-hydroxylation sites is 2. The highest BCUT2D eigenvalue weighted by Gasteiger charge is 2.11. The molecule has 150 valence electrons. The van der Waals surface area contributed by atoms with Crippen LogP contribution in [0, 0.1) is 11.3 Å². The Morgan fingerprint density at radius 3 is 2.65 bits per heavy atom. The SMILES string of the molecule is N#C/C(=C\c1cn(Cc2ccc(Cl)cc2)c2ccccc12)Sc1nc2ccccc2s1. The minimum Gasteiger partial charge on any atom is -0.342 e. The Kier molecular flexibility index (Phi) is 5.52. The maximum absolute atomic E-state index is 9.78. The number of allylic oxidation sites excluding steroid dienone is 1. The molecular formula is C25H16ClN3S2. The summed E-state index contributed by atoms with van der Waals surface area (Å²) in [5.41, 5.74) is 4.29. The molecule has 0 bridgehead atoms. The number of thiazole rings is 1. The summed E-state index contributed by atoms with van der Waals surface area (Å²) in [6.45, 7) is 0.735. The quantitative estimate of drug-likeness (QED) is 0.201. The van der Waals surface area contributed by atoms with E-state index in [0.717, 1.165) is 42.6 Å². The van der Waals surface area contributed by atoms with Crippen molar-refractivity contribution in [2.45, 2.75) is 10.9 Å². The molecule has 0 aliphatic rings. The second-order valence-corrected chi connectivity index (χ2v) is 9.78. The van der Waals surface area contributed by atoms with Gasteiger partial charge in [-0.1, -0.05) is 54.1 Å². The summed E-state index contributed by atoms with van der Waals surface area (Å²) in [6.07, 6.45) is 4.06. The van der Waals surface area contributed by atoms with Crippen LogP contribution in [0.3, 0.4) is 0 Å². The molecular weight excluding hydrogens is 442 g/mol. The van der Waals surface area contributed by atoms with Crippen LogP contribution in [0.25, 0.3) is 27.2 Å². The summed E-state index contributed by atoms with van der Waals surface area (Å²) in [5.74, 6) is 0. The monoisotopic (exact) mass is 457 g/mol. The van der Waals surface area contributed by atoms with Crippen molar-refractivity contribution in [1.82, 2.24) is 9.55 Å². The fraction of sp³-hybridized carbons (Fsp3) is 0.0400. The third kappa shape index (κ3) is 4.24. The van der Waals surface area contributed by atoms with Gasteiger partial charge in [0, 0.05) is 34.2 Å². The lowest BCUT2D eigenvalue weighted by Gasteiger charge is -2.05. The Hall–Kier alpha value is -3.04. The molecule has 3 aromatic carbocycles. The molecule has 0 unspecified atom stereocenters. The van der Waals surface area contributed by atoms with E-state index in [1.165, 1.54) is 17.3 Å². The van der Waals surface area contributed by atoms with Gasteiger partial charge in [0.2, 0.25) is 0 Å². The van der Waals surface area contributed by atoms with E-state index in [4.69, 9.17) is 11.6 Å². The molecule has 0 spiro atoms. The van der Waals surface area contributed by atoms with Crippen molar-refractivity contribution in [3.8, 4) is 6.07 Å². The number of nitrogens with zero attached hydrogens (tertiary/aromatic N) is 3. The van der Waals surface area contributed by atoms with Gasteiger partial charge in [0.1, 0.15) is 6.07 Å².